The van der Waals surface area contributed by atoms with Gasteiger partial charge in [-0.1, -0.05) is 0 Å². The van der Waals surface area contributed by atoms with Crippen LogP contribution in [0.2, 0.25) is 0 Å². The fourth-order valence-corrected chi connectivity index (χ4v) is 2.80. The van der Waals surface area contributed by atoms with E-state index in [2.05, 4.69) is 23.9 Å². The minimum atomic E-state index is 0.277. The molecule has 0 radical (unpaired) electrons. The van der Waals surface area contributed by atoms with Crippen LogP contribution in [-0.4, -0.2) is 61.8 Å². The molecule has 1 unspecified atom stereocenters. The van der Waals surface area contributed by atoms with Crippen LogP contribution in [0.15, 0.2) is 0 Å². The van der Waals surface area contributed by atoms with Crippen LogP contribution in [0.25, 0.3) is 0 Å². The van der Waals surface area contributed by atoms with Crippen LogP contribution < -0.4 is 0 Å². The Morgan fingerprint density at radius 3 is 2.67 bits per heavy atom. The minimum absolute atomic E-state index is 0.277. The zero-order chi connectivity index (χ0) is 10.9. The van der Waals surface area contributed by atoms with E-state index in [-0.39, 0.29) is 5.41 Å². The van der Waals surface area contributed by atoms with Crippen molar-refractivity contribution < 1.29 is 5.11 Å². The van der Waals surface area contributed by atoms with E-state index in [0.717, 1.165) is 12.5 Å². The van der Waals surface area contributed by atoms with Gasteiger partial charge in [-0.05, 0) is 45.8 Å². The predicted octanol–water partition coefficient (Wildman–Crippen LogP) is 0.642. The standard InChI is InChI=1S/C12H24N2O/c1-13-6-3-11(7-13)8-14(2)9-12(10-15)4-5-12/h11,15H,3-10H2,1-2H3. The van der Waals surface area contributed by atoms with Crippen molar-refractivity contribution in [2.24, 2.45) is 11.3 Å². The largest absolute Gasteiger partial charge is 0.396 e. The van der Waals surface area contributed by atoms with Gasteiger partial charge in [-0.25, -0.2) is 0 Å². The van der Waals surface area contributed by atoms with Gasteiger partial charge in [0.05, 0.1) is 0 Å². The third-order valence-corrected chi connectivity index (χ3v) is 3.96. The lowest BCUT2D eigenvalue weighted by atomic mass is 10.1. The van der Waals surface area contributed by atoms with E-state index < -0.39 is 0 Å². The molecule has 0 aromatic heterocycles. The van der Waals surface area contributed by atoms with Crippen LogP contribution in [0.1, 0.15) is 19.3 Å². The van der Waals surface area contributed by atoms with E-state index in [1.807, 2.05) is 0 Å². The Hall–Kier alpha value is -0.120. The van der Waals surface area contributed by atoms with Crippen molar-refractivity contribution in [1.29, 1.82) is 0 Å². The van der Waals surface area contributed by atoms with Crippen molar-refractivity contribution in [3.8, 4) is 0 Å². The molecular formula is C12H24N2O. The smallest absolute Gasteiger partial charge is 0.0499 e. The summed E-state index contributed by atoms with van der Waals surface area (Å²) < 4.78 is 0. The minimum Gasteiger partial charge on any atom is -0.396 e. The number of aliphatic hydroxyl groups excluding tert-OH is 1. The van der Waals surface area contributed by atoms with Gasteiger partial charge in [0.1, 0.15) is 0 Å². The molecule has 1 heterocycles. The second-order valence-electron chi connectivity index (χ2n) is 5.77. The molecule has 0 aromatic carbocycles. The maximum atomic E-state index is 9.27. The average Bonchev–Trinajstić information content (AvgIpc) is 2.84. The summed E-state index contributed by atoms with van der Waals surface area (Å²) in [5.41, 5.74) is 0.277. The molecule has 1 aliphatic carbocycles. The summed E-state index contributed by atoms with van der Waals surface area (Å²) in [6.45, 7) is 5.16. The van der Waals surface area contributed by atoms with Crippen molar-refractivity contribution >= 4 is 0 Å². The predicted molar refractivity (Wildman–Crippen MR) is 61.9 cm³/mol. The number of rotatable bonds is 5. The maximum Gasteiger partial charge on any atom is 0.0499 e. The molecule has 0 aromatic rings. The van der Waals surface area contributed by atoms with E-state index in [9.17, 15) is 5.11 Å². The molecule has 0 amide bonds. The first-order chi connectivity index (χ1) is 7.13. The van der Waals surface area contributed by atoms with Gasteiger partial charge in [0.25, 0.3) is 0 Å². The van der Waals surface area contributed by atoms with Crippen molar-refractivity contribution in [2.45, 2.75) is 19.3 Å². The number of nitrogens with zero attached hydrogens (tertiary/aromatic N) is 2. The molecule has 1 aliphatic heterocycles. The summed E-state index contributed by atoms with van der Waals surface area (Å²) in [4.78, 5) is 4.84. The molecule has 1 saturated heterocycles. The normalized spacial score (nSPS) is 30.0. The van der Waals surface area contributed by atoms with Crippen LogP contribution in [0.3, 0.4) is 0 Å². The van der Waals surface area contributed by atoms with Gasteiger partial charge in [0, 0.05) is 31.7 Å². The van der Waals surface area contributed by atoms with E-state index >= 15 is 0 Å². The Kier molecular flexibility index (Phi) is 3.33. The Morgan fingerprint density at radius 2 is 2.20 bits per heavy atom. The van der Waals surface area contributed by atoms with E-state index in [1.54, 1.807) is 0 Å². The fourth-order valence-electron chi connectivity index (χ4n) is 2.80. The molecule has 0 bridgehead atoms. The van der Waals surface area contributed by atoms with Crippen molar-refractivity contribution in [3.05, 3.63) is 0 Å². The average molecular weight is 212 g/mol. The quantitative estimate of drug-likeness (QED) is 0.724. The van der Waals surface area contributed by atoms with Crippen LogP contribution in [0, 0.1) is 11.3 Å². The highest BCUT2D eigenvalue weighted by atomic mass is 16.3. The third kappa shape index (κ3) is 2.92. The van der Waals surface area contributed by atoms with Gasteiger partial charge in [-0.15, -0.1) is 0 Å². The van der Waals surface area contributed by atoms with Gasteiger partial charge in [-0.2, -0.15) is 0 Å². The number of hydrogen-bond acceptors (Lipinski definition) is 3. The van der Waals surface area contributed by atoms with Crippen LogP contribution in [0.4, 0.5) is 0 Å². The molecule has 0 spiro atoms. The maximum absolute atomic E-state index is 9.27. The van der Waals surface area contributed by atoms with Crippen LogP contribution in [0.5, 0.6) is 0 Å². The summed E-state index contributed by atoms with van der Waals surface area (Å²) in [5, 5.41) is 9.27. The monoisotopic (exact) mass is 212 g/mol. The van der Waals surface area contributed by atoms with Crippen molar-refractivity contribution in [2.75, 3.05) is 46.9 Å². The molecule has 1 saturated carbocycles. The molecular weight excluding hydrogens is 188 g/mol. The first kappa shape index (κ1) is 11.4. The van der Waals surface area contributed by atoms with Crippen LogP contribution in [-0.2, 0) is 0 Å². The number of likely N-dealkylation sites (tertiary alicyclic amines) is 1. The van der Waals surface area contributed by atoms with E-state index in [1.165, 1.54) is 38.9 Å². The Labute approximate surface area is 93.1 Å². The first-order valence-corrected chi connectivity index (χ1v) is 6.11. The zero-order valence-corrected chi connectivity index (χ0v) is 10.1. The second kappa shape index (κ2) is 4.40. The zero-order valence-electron chi connectivity index (χ0n) is 10.1. The number of aliphatic hydroxyl groups is 1. The Balaban J connectivity index is 1.70. The lowest BCUT2D eigenvalue weighted by molar-refractivity contribution is 0.154. The molecule has 3 heteroatoms. The van der Waals surface area contributed by atoms with Gasteiger partial charge >= 0.3 is 0 Å². The molecule has 2 aliphatic rings. The lowest BCUT2D eigenvalue weighted by Crippen LogP contribution is -2.33. The summed E-state index contributed by atoms with van der Waals surface area (Å²) in [5.74, 6) is 0.842. The molecule has 1 N–H and O–H groups in total. The summed E-state index contributed by atoms with van der Waals surface area (Å²) in [7, 11) is 4.41. The lowest BCUT2D eigenvalue weighted by Gasteiger charge is -2.24. The van der Waals surface area contributed by atoms with Crippen molar-refractivity contribution in [1.82, 2.24) is 9.80 Å². The van der Waals surface area contributed by atoms with Gasteiger partial charge in [0.15, 0.2) is 0 Å². The van der Waals surface area contributed by atoms with Crippen molar-refractivity contribution in [3.63, 3.8) is 0 Å². The molecule has 15 heavy (non-hydrogen) atoms. The SMILES string of the molecule is CN1CCC(CN(C)CC2(CO)CC2)C1. The topological polar surface area (TPSA) is 26.7 Å². The molecule has 3 nitrogen and oxygen atoms in total. The Morgan fingerprint density at radius 1 is 1.47 bits per heavy atom. The van der Waals surface area contributed by atoms with Crippen LogP contribution >= 0.6 is 0 Å². The second-order valence-corrected chi connectivity index (χ2v) is 5.77. The Bertz CT molecular complexity index is 216. The highest BCUT2D eigenvalue weighted by Crippen LogP contribution is 2.45. The molecule has 88 valence electrons. The van der Waals surface area contributed by atoms with E-state index in [0.29, 0.717) is 6.61 Å². The third-order valence-electron chi connectivity index (χ3n) is 3.96. The fraction of sp³-hybridized carbons (Fsp3) is 1.00. The summed E-state index contributed by atoms with van der Waals surface area (Å²) >= 11 is 0. The van der Waals surface area contributed by atoms with Gasteiger partial charge < -0.3 is 14.9 Å². The first-order valence-electron chi connectivity index (χ1n) is 6.11. The highest BCUT2D eigenvalue weighted by molar-refractivity contribution is 4.94. The molecule has 2 rings (SSSR count). The molecule has 2 fully saturated rings. The van der Waals surface area contributed by atoms with Gasteiger partial charge in [0.2, 0.25) is 0 Å². The highest BCUT2D eigenvalue weighted by Gasteiger charge is 2.42. The summed E-state index contributed by atoms with van der Waals surface area (Å²) in [6.07, 6.45) is 3.78. The number of hydrogen-bond donors (Lipinski definition) is 1. The molecule has 1 atom stereocenters. The van der Waals surface area contributed by atoms with Gasteiger partial charge in [-0.3, -0.25) is 0 Å². The van der Waals surface area contributed by atoms with E-state index in [4.69, 9.17) is 0 Å². The summed E-state index contributed by atoms with van der Waals surface area (Å²) in [6, 6.07) is 0.